The van der Waals surface area contributed by atoms with Crippen molar-refractivity contribution in [2.75, 3.05) is 6.61 Å². The van der Waals surface area contributed by atoms with Crippen molar-refractivity contribution in [1.29, 1.82) is 0 Å². The number of carbonyl (C=O) groups excluding carboxylic acids is 1. The van der Waals surface area contributed by atoms with Crippen molar-refractivity contribution in [3.63, 3.8) is 0 Å². The van der Waals surface area contributed by atoms with Gasteiger partial charge in [0.1, 0.15) is 18.0 Å². The molecule has 3 rings (SSSR count). The van der Waals surface area contributed by atoms with Crippen molar-refractivity contribution in [1.82, 2.24) is 0 Å². The number of ketones is 1. The lowest BCUT2D eigenvalue weighted by atomic mass is 9.89. The molecule has 2 aromatic carbocycles. The molecule has 0 saturated heterocycles. The minimum absolute atomic E-state index is 0.0541. The summed E-state index contributed by atoms with van der Waals surface area (Å²) in [5.41, 5.74) is 0.105. The molecule has 2 aromatic rings. The van der Waals surface area contributed by atoms with Gasteiger partial charge in [0.15, 0.2) is 5.78 Å². The number of rotatable bonds is 3. The van der Waals surface area contributed by atoms with Gasteiger partial charge in [0.2, 0.25) is 0 Å². The third-order valence-corrected chi connectivity index (χ3v) is 3.89. The molecular weight excluding hydrogens is 252 g/mol. The Balaban J connectivity index is 1.83. The molecule has 1 aliphatic rings. The van der Waals surface area contributed by atoms with E-state index in [9.17, 15) is 9.90 Å². The second kappa shape index (κ2) is 4.76. The van der Waals surface area contributed by atoms with E-state index < -0.39 is 11.5 Å². The minimum atomic E-state index is -1.18. The third-order valence-electron chi connectivity index (χ3n) is 3.89. The van der Waals surface area contributed by atoms with Crippen LogP contribution in [0.4, 0.5) is 0 Å². The number of hydrogen-bond donors (Lipinski definition) is 1. The quantitative estimate of drug-likeness (QED) is 0.931. The summed E-state index contributed by atoms with van der Waals surface area (Å²) >= 11 is 0. The smallest absolute Gasteiger partial charge is 0.172 e. The lowest BCUT2D eigenvalue weighted by Gasteiger charge is -2.25. The summed E-state index contributed by atoms with van der Waals surface area (Å²) in [6.45, 7) is 1.85. The Hall–Kier alpha value is -2.13. The summed E-state index contributed by atoms with van der Waals surface area (Å²) in [5, 5.41) is 10.7. The van der Waals surface area contributed by atoms with Crippen molar-refractivity contribution < 1.29 is 14.6 Å². The predicted molar refractivity (Wildman–Crippen MR) is 75.8 cm³/mol. The molecule has 0 saturated carbocycles. The average Bonchev–Trinajstić information content (AvgIpc) is 2.66. The third kappa shape index (κ3) is 2.00. The van der Waals surface area contributed by atoms with Crippen LogP contribution in [-0.4, -0.2) is 17.5 Å². The average molecular weight is 268 g/mol. The molecule has 2 atom stereocenters. The zero-order chi connectivity index (χ0) is 14.2. The molecule has 3 heteroatoms. The molecule has 1 N–H and O–H groups in total. The van der Waals surface area contributed by atoms with E-state index >= 15 is 0 Å². The Morgan fingerprint density at radius 2 is 1.75 bits per heavy atom. The molecule has 0 spiro atoms. The highest BCUT2D eigenvalue weighted by Gasteiger charge is 2.47. The topological polar surface area (TPSA) is 46.5 Å². The Labute approximate surface area is 117 Å². The van der Waals surface area contributed by atoms with E-state index in [1.54, 1.807) is 19.1 Å². The number of Topliss-reactive ketones (excluding diaryl/α,β-unsaturated/α-hetero) is 1. The number of hydrogen-bond acceptors (Lipinski definition) is 3. The van der Waals surface area contributed by atoms with E-state index in [-0.39, 0.29) is 12.4 Å². The minimum Gasteiger partial charge on any atom is -0.493 e. The lowest BCUT2D eigenvalue weighted by molar-refractivity contribution is -0.00492. The Kier molecular flexibility index (Phi) is 3.07. The maximum absolute atomic E-state index is 12.4. The molecule has 0 radical (unpaired) electrons. The predicted octanol–water partition coefficient (Wildman–Crippen LogP) is 2.79. The van der Waals surface area contributed by atoms with E-state index in [1.165, 1.54) is 0 Å². The highest BCUT2D eigenvalue weighted by atomic mass is 16.5. The highest BCUT2D eigenvalue weighted by Crippen LogP contribution is 2.41. The zero-order valence-corrected chi connectivity index (χ0v) is 11.2. The van der Waals surface area contributed by atoms with E-state index in [1.807, 2.05) is 42.5 Å². The summed E-state index contributed by atoms with van der Waals surface area (Å²) in [5.74, 6) is 0.0775. The van der Waals surface area contributed by atoms with Crippen LogP contribution >= 0.6 is 0 Å². The van der Waals surface area contributed by atoms with Crippen LogP contribution in [0.3, 0.4) is 0 Å². The van der Waals surface area contributed by atoms with Crippen LogP contribution in [0.1, 0.15) is 22.8 Å². The summed E-state index contributed by atoms with van der Waals surface area (Å²) in [6.07, 6.45) is 0. The summed E-state index contributed by atoms with van der Waals surface area (Å²) < 4.78 is 5.65. The Morgan fingerprint density at radius 3 is 2.45 bits per heavy atom. The van der Waals surface area contributed by atoms with Crippen molar-refractivity contribution in [3.8, 4) is 5.75 Å². The van der Waals surface area contributed by atoms with Gasteiger partial charge in [-0.05, 0) is 24.6 Å². The van der Waals surface area contributed by atoms with E-state index in [0.717, 1.165) is 0 Å². The molecule has 1 aliphatic carbocycles. The highest BCUT2D eigenvalue weighted by molar-refractivity contribution is 6.03. The van der Waals surface area contributed by atoms with E-state index in [0.29, 0.717) is 16.9 Å². The van der Waals surface area contributed by atoms with E-state index in [4.69, 9.17) is 4.74 Å². The van der Waals surface area contributed by atoms with Crippen molar-refractivity contribution in [2.45, 2.75) is 12.5 Å². The lowest BCUT2D eigenvalue weighted by Crippen LogP contribution is -2.34. The number of para-hydroxylation sites is 1. The van der Waals surface area contributed by atoms with Gasteiger partial charge in [-0.3, -0.25) is 4.79 Å². The summed E-state index contributed by atoms with van der Waals surface area (Å²) in [4.78, 5) is 12.4. The first kappa shape index (κ1) is 12.9. The normalized spacial score (nSPS) is 24.5. The van der Waals surface area contributed by atoms with Gasteiger partial charge in [-0.1, -0.05) is 42.5 Å². The zero-order valence-electron chi connectivity index (χ0n) is 11.2. The molecule has 20 heavy (non-hydrogen) atoms. The molecule has 3 nitrogen and oxygen atoms in total. The first-order valence-electron chi connectivity index (χ1n) is 6.64. The molecule has 0 fully saturated rings. The first-order chi connectivity index (χ1) is 9.60. The number of fused-ring (bicyclic) bond motifs is 1. The van der Waals surface area contributed by atoms with Crippen LogP contribution in [0.25, 0.3) is 0 Å². The molecule has 102 valence electrons. The van der Waals surface area contributed by atoms with Gasteiger partial charge in [-0.2, -0.15) is 0 Å². The van der Waals surface area contributed by atoms with Crippen LogP contribution < -0.4 is 4.74 Å². The van der Waals surface area contributed by atoms with Gasteiger partial charge < -0.3 is 9.84 Å². The van der Waals surface area contributed by atoms with Gasteiger partial charge in [-0.25, -0.2) is 0 Å². The van der Waals surface area contributed by atoms with Gasteiger partial charge in [0.05, 0.1) is 5.92 Å². The molecule has 2 unspecified atom stereocenters. The number of aliphatic hydroxyl groups is 1. The van der Waals surface area contributed by atoms with Crippen LogP contribution in [0, 0.1) is 5.92 Å². The maximum atomic E-state index is 12.4. The molecule has 0 aliphatic heterocycles. The van der Waals surface area contributed by atoms with Crippen molar-refractivity contribution in [2.24, 2.45) is 5.92 Å². The van der Waals surface area contributed by atoms with Crippen molar-refractivity contribution in [3.05, 3.63) is 65.7 Å². The fraction of sp³-hybridized carbons (Fsp3) is 0.235. The monoisotopic (exact) mass is 268 g/mol. The fourth-order valence-corrected chi connectivity index (χ4v) is 2.70. The molecular formula is C17H16O3. The second-order valence-corrected chi connectivity index (χ2v) is 5.23. The van der Waals surface area contributed by atoms with Gasteiger partial charge in [-0.15, -0.1) is 0 Å². The largest absolute Gasteiger partial charge is 0.493 e. The van der Waals surface area contributed by atoms with Crippen LogP contribution in [0.5, 0.6) is 5.75 Å². The summed E-state index contributed by atoms with van der Waals surface area (Å²) in [7, 11) is 0. The number of benzene rings is 2. The van der Waals surface area contributed by atoms with Gasteiger partial charge in [0, 0.05) is 5.56 Å². The SMILES string of the molecule is CC1(O)c2ccccc2C(=O)C1COc1ccccc1. The van der Waals surface area contributed by atoms with Crippen LogP contribution in [0.15, 0.2) is 54.6 Å². The molecule has 0 heterocycles. The molecule has 0 bridgehead atoms. The number of ether oxygens (including phenoxy) is 1. The van der Waals surface area contributed by atoms with Gasteiger partial charge in [0.25, 0.3) is 0 Å². The molecule has 0 aromatic heterocycles. The summed E-state index contributed by atoms with van der Waals surface area (Å²) in [6, 6.07) is 16.5. The van der Waals surface area contributed by atoms with E-state index in [2.05, 4.69) is 0 Å². The second-order valence-electron chi connectivity index (χ2n) is 5.23. The van der Waals surface area contributed by atoms with Crippen LogP contribution in [0.2, 0.25) is 0 Å². The van der Waals surface area contributed by atoms with Crippen LogP contribution in [-0.2, 0) is 5.60 Å². The van der Waals surface area contributed by atoms with Gasteiger partial charge >= 0.3 is 0 Å². The Morgan fingerprint density at radius 1 is 1.10 bits per heavy atom. The first-order valence-corrected chi connectivity index (χ1v) is 6.64. The number of carbonyl (C=O) groups is 1. The standard InChI is InChI=1S/C17H16O3/c1-17(19)14-10-6-5-9-13(14)16(18)15(17)11-20-12-7-3-2-4-8-12/h2-10,15,19H,11H2,1H3. The molecule has 0 amide bonds. The maximum Gasteiger partial charge on any atom is 0.172 e. The Bertz CT molecular complexity index is 632. The fourth-order valence-electron chi connectivity index (χ4n) is 2.70. The van der Waals surface area contributed by atoms with Crippen molar-refractivity contribution >= 4 is 5.78 Å².